The van der Waals surface area contributed by atoms with Crippen molar-refractivity contribution in [1.29, 1.82) is 0 Å². The highest BCUT2D eigenvalue weighted by atomic mass is 16.5. The number of rotatable bonds is 4. The van der Waals surface area contributed by atoms with E-state index in [1.807, 2.05) is 26.1 Å². The van der Waals surface area contributed by atoms with Gasteiger partial charge in [-0.2, -0.15) is 0 Å². The maximum Gasteiger partial charge on any atom is 0.229 e. The molecule has 1 atom stereocenters. The normalized spacial score (nSPS) is 15.3. The minimum Gasteiger partial charge on any atom is -0.493 e. The third-order valence-corrected chi connectivity index (χ3v) is 3.63. The quantitative estimate of drug-likeness (QED) is 0.902. The van der Waals surface area contributed by atoms with Gasteiger partial charge in [-0.25, -0.2) is 0 Å². The Kier molecular flexibility index (Phi) is 4.43. The Hall–Kier alpha value is -1.55. The molecule has 1 amide bonds. The average molecular weight is 262 g/mol. The summed E-state index contributed by atoms with van der Waals surface area (Å²) in [4.78, 5) is 14.0. The van der Waals surface area contributed by atoms with E-state index < -0.39 is 0 Å². The predicted molar refractivity (Wildman–Crippen MR) is 76.5 cm³/mol. The topological polar surface area (TPSA) is 55.6 Å². The van der Waals surface area contributed by atoms with Crippen molar-refractivity contribution < 1.29 is 9.53 Å². The first-order valence-corrected chi connectivity index (χ1v) is 6.87. The smallest absolute Gasteiger partial charge is 0.229 e. The lowest BCUT2D eigenvalue weighted by Crippen LogP contribution is -2.32. The van der Waals surface area contributed by atoms with Crippen molar-refractivity contribution in [3.8, 4) is 5.75 Å². The highest BCUT2D eigenvalue weighted by molar-refractivity contribution is 5.94. The van der Waals surface area contributed by atoms with Crippen LogP contribution in [0.25, 0.3) is 0 Å². The zero-order chi connectivity index (χ0) is 13.8. The molecule has 1 aromatic carbocycles. The molecule has 104 valence electrons. The molecule has 1 aromatic rings. The molecule has 0 saturated heterocycles. The first kappa shape index (κ1) is 13.9. The van der Waals surface area contributed by atoms with Crippen LogP contribution in [0.3, 0.4) is 0 Å². The van der Waals surface area contributed by atoms with Gasteiger partial charge in [0.1, 0.15) is 5.75 Å². The lowest BCUT2D eigenvalue weighted by Gasteiger charge is -2.24. The molecule has 2 rings (SSSR count). The fraction of sp³-hybridized carbons (Fsp3) is 0.533. The second-order valence-electron chi connectivity index (χ2n) is 5.12. The molecule has 0 aromatic heterocycles. The van der Waals surface area contributed by atoms with Gasteiger partial charge in [-0.05, 0) is 49.6 Å². The number of carbonyl (C=O) groups excluding carboxylic acids is 1. The van der Waals surface area contributed by atoms with E-state index in [-0.39, 0.29) is 11.8 Å². The number of benzene rings is 1. The predicted octanol–water partition coefficient (Wildman–Crippen LogP) is 1.96. The summed E-state index contributed by atoms with van der Waals surface area (Å²) >= 11 is 0. The van der Waals surface area contributed by atoms with Crippen LogP contribution in [0.1, 0.15) is 25.3 Å². The zero-order valence-corrected chi connectivity index (χ0v) is 11.7. The SMILES string of the molecule is CC(CCN)C(=O)N(C)c1ccc2c(c1)CCCO2. The second kappa shape index (κ2) is 6.06. The van der Waals surface area contributed by atoms with E-state index in [0.29, 0.717) is 6.54 Å². The number of nitrogens with two attached hydrogens (primary N) is 1. The molecule has 4 nitrogen and oxygen atoms in total. The van der Waals surface area contributed by atoms with Crippen molar-refractivity contribution >= 4 is 11.6 Å². The molecule has 0 spiro atoms. The van der Waals surface area contributed by atoms with E-state index in [1.54, 1.807) is 4.90 Å². The summed E-state index contributed by atoms with van der Waals surface area (Å²) in [5, 5.41) is 0. The molecule has 1 aliphatic rings. The number of fused-ring (bicyclic) bond motifs is 1. The van der Waals surface area contributed by atoms with Crippen LogP contribution < -0.4 is 15.4 Å². The lowest BCUT2D eigenvalue weighted by molar-refractivity contribution is -0.121. The first-order valence-electron chi connectivity index (χ1n) is 6.87. The molecule has 0 aliphatic carbocycles. The average Bonchev–Trinajstić information content (AvgIpc) is 2.45. The van der Waals surface area contributed by atoms with Crippen molar-refractivity contribution in [2.24, 2.45) is 11.7 Å². The van der Waals surface area contributed by atoms with Crippen LogP contribution in [0.4, 0.5) is 5.69 Å². The number of amides is 1. The summed E-state index contributed by atoms with van der Waals surface area (Å²) in [5.74, 6) is 1.02. The lowest BCUT2D eigenvalue weighted by atomic mass is 10.0. The van der Waals surface area contributed by atoms with Crippen LogP contribution in [0.2, 0.25) is 0 Å². The van der Waals surface area contributed by atoms with Crippen LogP contribution in [-0.4, -0.2) is 26.1 Å². The molecule has 1 unspecified atom stereocenters. The Morgan fingerprint density at radius 3 is 3.05 bits per heavy atom. The summed E-state index contributed by atoms with van der Waals surface area (Å²) in [6.45, 7) is 3.25. The summed E-state index contributed by atoms with van der Waals surface area (Å²) in [6, 6.07) is 5.96. The highest BCUT2D eigenvalue weighted by Gasteiger charge is 2.19. The van der Waals surface area contributed by atoms with Crippen LogP contribution in [0, 0.1) is 5.92 Å². The molecule has 0 radical (unpaired) electrons. The van der Waals surface area contributed by atoms with Crippen LogP contribution in [-0.2, 0) is 11.2 Å². The summed E-state index contributed by atoms with van der Waals surface area (Å²) in [5.41, 5.74) is 7.63. The van der Waals surface area contributed by atoms with Crippen molar-refractivity contribution in [3.05, 3.63) is 23.8 Å². The van der Waals surface area contributed by atoms with Gasteiger partial charge in [-0.15, -0.1) is 0 Å². The second-order valence-corrected chi connectivity index (χ2v) is 5.12. The van der Waals surface area contributed by atoms with Crippen molar-refractivity contribution in [3.63, 3.8) is 0 Å². The first-order chi connectivity index (χ1) is 9.13. The summed E-state index contributed by atoms with van der Waals surface area (Å²) in [7, 11) is 1.82. The fourth-order valence-corrected chi connectivity index (χ4v) is 2.39. The molecule has 19 heavy (non-hydrogen) atoms. The van der Waals surface area contributed by atoms with Gasteiger partial charge >= 0.3 is 0 Å². The number of hydrogen-bond donors (Lipinski definition) is 1. The number of aryl methyl sites for hydroxylation is 1. The molecule has 1 aliphatic heterocycles. The molecule has 1 heterocycles. The van der Waals surface area contributed by atoms with E-state index in [1.165, 1.54) is 5.56 Å². The maximum atomic E-state index is 12.2. The van der Waals surface area contributed by atoms with E-state index in [4.69, 9.17) is 10.5 Å². The number of anilines is 1. The Balaban J connectivity index is 2.15. The van der Waals surface area contributed by atoms with Crippen LogP contribution >= 0.6 is 0 Å². The maximum absolute atomic E-state index is 12.2. The van der Waals surface area contributed by atoms with Crippen LogP contribution in [0.15, 0.2) is 18.2 Å². The largest absolute Gasteiger partial charge is 0.493 e. The number of hydrogen-bond acceptors (Lipinski definition) is 3. The molecule has 0 saturated carbocycles. The third kappa shape index (κ3) is 3.07. The molecule has 0 bridgehead atoms. The van der Waals surface area contributed by atoms with Gasteiger partial charge in [0.05, 0.1) is 6.61 Å². The van der Waals surface area contributed by atoms with Crippen LogP contribution in [0.5, 0.6) is 5.75 Å². The highest BCUT2D eigenvalue weighted by Crippen LogP contribution is 2.29. The van der Waals surface area contributed by atoms with E-state index >= 15 is 0 Å². The Morgan fingerprint density at radius 2 is 2.32 bits per heavy atom. The van der Waals surface area contributed by atoms with E-state index in [0.717, 1.165) is 37.3 Å². The van der Waals surface area contributed by atoms with E-state index in [2.05, 4.69) is 6.07 Å². The fourth-order valence-electron chi connectivity index (χ4n) is 2.39. The molecular formula is C15H22N2O2. The number of carbonyl (C=O) groups is 1. The third-order valence-electron chi connectivity index (χ3n) is 3.63. The van der Waals surface area contributed by atoms with Crippen molar-refractivity contribution in [1.82, 2.24) is 0 Å². The molecule has 2 N–H and O–H groups in total. The minimum absolute atomic E-state index is 0.0396. The minimum atomic E-state index is -0.0396. The van der Waals surface area contributed by atoms with Gasteiger partial charge < -0.3 is 15.4 Å². The summed E-state index contributed by atoms with van der Waals surface area (Å²) < 4.78 is 5.58. The molecular weight excluding hydrogens is 240 g/mol. The van der Waals surface area contributed by atoms with Gasteiger partial charge in [0.15, 0.2) is 0 Å². The van der Waals surface area contributed by atoms with Crippen molar-refractivity contribution in [2.45, 2.75) is 26.2 Å². The Bertz CT molecular complexity index is 459. The van der Waals surface area contributed by atoms with Gasteiger partial charge in [-0.3, -0.25) is 4.79 Å². The standard InChI is InChI=1S/C15H22N2O2/c1-11(7-8-16)15(18)17(2)13-5-6-14-12(10-13)4-3-9-19-14/h5-6,10-11H,3-4,7-9,16H2,1-2H3. The van der Waals surface area contributed by atoms with Gasteiger partial charge in [-0.1, -0.05) is 6.92 Å². The summed E-state index contributed by atoms with van der Waals surface area (Å²) in [6.07, 6.45) is 2.78. The van der Waals surface area contributed by atoms with Gasteiger partial charge in [0.2, 0.25) is 5.91 Å². The van der Waals surface area contributed by atoms with Gasteiger partial charge in [0.25, 0.3) is 0 Å². The van der Waals surface area contributed by atoms with Gasteiger partial charge in [0, 0.05) is 18.7 Å². The Labute approximate surface area is 114 Å². The Morgan fingerprint density at radius 1 is 1.53 bits per heavy atom. The molecule has 4 heteroatoms. The number of nitrogens with zero attached hydrogens (tertiary/aromatic N) is 1. The molecule has 0 fully saturated rings. The zero-order valence-electron chi connectivity index (χ0n) is 11.7. The monoisotopic (exact) mass is 262 g/mol. The van der Waals surface area contributed by atoms with E-state index in [9.17, 15) is 4.79 Å². The van der Waals surface area contributed by atoms with Crippen molar-refractivity contribution in [2.75, 3.05) is 25.1 Å². The number of ether oxygens (including phenoxy) is 1.